The molecule has 8 heteroatoms. The van der Waals surface area contributed by atoms with E-state index in [9.17, 15) is 4.79 Å². The highest BCUT2D eigenvalue weighted by atomic mass is 35.5. The average Bonchev–Trinajstić information content (AvgIpc) is 3.26. The predicted molar refractivity (Wildman–Crippen MR) is 95.8 cm³/mol. The average molecular weight is 379 g/mol. The normalized spacial score (nSPS) is 12.9. The summed E-state index contributed by atoms with van der Waals surface area (Å²) in [4.78, 5) is 17.8. The van der Waals surface area contributed by atoms with Gasteiger partial charge >= 0.3 is 0 Å². The number of aromatic nitrogens is 1. The summed E-state index contributed by atoms with van der Waals surface area (Å²) in [5.74, 6) is 0.837. The van der Waals surface area contributed by atoms with E-state index in [2.05, 4.69) is 10.3 Å². The summed E-state index contributed by atoms with van der Waals surface area (Å²) < 4.78 is 11.0. The highest BCUT2D eigenvalue weighted by Gasteiger charge is 2.18. The minimum Gasteiger partial charge on any atom is -0.486 e. The number of ether oxygens (including phenoxy) is 2. The Morgan fingerprint density at radius 1 is 1.21 bits per heavy atom. The second kappa shape index (κ2) is 6.43. The summed E-state index contributed by atoms with van der Waals surface area (Å²) >= 11 is 9.23. The van der Waals surface area contributed by atoms with Crippen molar-refractivity contribution in [1.82, 2.24) is 4.98 Å². The van der Waals surface area contributed by atoms with Crippen LogP contribution in [0.1, 0.15) is 10.5 Å². The van der Waals surface area contributed by atoms with Crippen LogP contribution in [-0.4, -0.2) is 24.1 Å². The number of benzene rings is 1. The standard InChI is InChI=1S/C16H11ClN2O3S2/c17-9-6-12-13(22-4-3-21-12)7-10(9)18-15(20)11-8-24-16(19-11)14-2-1-5-23-14/h1-2,5-8H,3-4H2,(H,18,20). The van der Waals surface area contributed by atoms with Crippen molar-refractivity contribution < 1.29 is 14.3 Å². The lowest BCUT2D eigenvalue weighted by Gasteiger charge is -2.19. The molecule has 24 heavy (non-hydrogen) atoms. The third kappa shape index (κ3) is 2.98. The molecule has 0 bridgehead atoms. The van der Waals surface area contributed by atoms with Gasteiger partial charge < -0.3 is 14.8 Å². The Morgan fingerprint density at radius 3 is 2.75 bits per heavy atom. The fourth-order valence-corrected chi connectivity index (χ4v) is 4.05. The SMILES string of the molecule is O=C(Nc1cc2c(cc1Cl)OCCO2)c1csc(-c2cccs2)n1. The maximum atomic E-state index is 12.4. The molecule has 3 aromatic rings. The lowest BCUT2D eigenvalue weighted by molar-refractivity contribution is 0.102. The van der Waals surface area contributed by atoms with E-state index in [1.165, 1.54) is 11.3 Å². The van der Waals surface area contributed by atoms with Crippen molar-refractivity contribution >= 4 is 45.9 Å². The molecule has 5 nitrogen and oxygen atoms in total. The minimum atomic E-state index is -0.312. The molecular weight excluding hydrogens is 368 g/mol. The van der Waals surface area contributed by atoms with E-state index in [0.717, 1.165) is 9.88 Å². The number of hydrogen-bond acceptors (Lipinski definition) is 6. The third-order valence-corrected chi connectivity index (χ3v) is 5.54. The van der Waals surface area contributed by atoms with E-state index in [1.807, 2.05) is 17.5 Å². The molecule has 1 aromatic carbocycles. The molecule has 3 heterocycles. The summed E-state index contributed by atoms with van der Waals surface area (Å²) in [7, 11) is 0. The lowest BCUT2D eigenvalue weighted by Crippen LogP contribution is -2.17. The van der Waals surface area contributed by atoms with Crippen LogP contribution < -0.4 is 14.8 Å². The topological polar surface area (TPSA) is 60.5 Å². The van der Waals surface area contributed by atoms with Crippen molar-refractivity contribution in [3.8, 4) is 21.4 Å². The second-order valence-corrected chi connectivity index (χ2v) is 7.16. The molecule has 0 atom stereocenters. The van der Waals surface area contributed by atoms with Gasteiger partial charge in [-0.1, -0.05) is 17.7 Å². The minimum absolute atomic E-state index is 0.312. The molecule has 4 rings (SSSR count). The molecule has 1 N–H and O–H groups in total. The number of carbonyl (C=O) groups is 1. The van der Waals surface area contributed by atoms with Gasteiger partial charge in [0.1, 0.15) is 23.9 Å². The molecule has 0 saturated heterocycles. The summed E-state index contributed by atoms with van der Waals surface area (Å²) in [6.45, 7) is 0.956. The monoisotopic (exact) mass is 378 g/mol. The Morgan fingerprint density at radius 2 is 2.00 bits per heavy atom. The quantitative estimate of drug-likeness (QED) is 0.726. The van der Waals surface area contributed by atoms with Gasteiger partial charge in [0, 0.05) is 17.5 Å². The number of nitrogens with zero attached hydrogens (tertiary/aromatic N) is 1. The molecule has 0 unspecified atom stereocenters. The molecule has 2 aromatic heterocycles. The summed E-state index contributed by atoms with van der Waals surface area (Å²) in [5.41, 5.74) is 0.825. The second-order valence-electron chi connectivity index (χ2n) is 4.95. The number of nitrogens with one attached hydrogen (secondary N) is 1. The van der Waals surface area contributed by atoms with E-state index in [-0.39, 0.29) is 5.91 Å². The number of rotatable bonds is 3. The van der Waals surface area contributed by atoms with Gasteiger partial charge in [0.15, 0.2) is 11.5 Å². The Bertz CT molecular complexity index is 893. The zero-order valence-corrected chi connectivity index (χ0v) is 14.6. The molecule has 0 spiro atoms. The molecule has 1 aliphatic rings. The van der Waals surface area contributed by atoms with Crippen molar-refractivity contribution in [2.45, 2.75) is 0 Å². The summed E-state index contributed by atoms with van der Waals surface area (Å²) in [6, 6.07) is 7.24. The van der Waals surface area contributed by atoms with Gasteiger partial charge in [0.05, 0.1) is 15.6 Å². The van der Waals surface area contributed by atoms with E-state index < -0.39 is 0 Å². The maximum absolute atomic E-state index is 12.4. The van der Waals surface area contributed by atoms with Crippen molar-refractivity contribution in [2.75, 3.05) is 18.5 Å². The first-order chi connectivity index (χ1) is 11.7. The van der Waals surface area contributed by atoms with Crippen LogP contribution in [0.15, 0.2) is 35.0 Å². The van der Waals surface area contributed by atoms with Crippen LogP contribution in [0.3, 0.4) is 0 Å². The Hall–Kier alpha value is -2.09. The molecule has 0 aliphatic carbocycles. The third-order valence-electron chi connectivity index (χ3n) is 3.35. The summed E-state index contributed by atoms with van der Waals surface area (Å²) in [5, 5.41) is 7.70. The van der Waals surface area contributed by atoms with Gasteiger partial charge in [-0.2, -0.15) is 0 Å². The Kier molecular flexibility index (Phi) is 4.13. The molecule has 122 valence electrons. The van der Waals surface area contributed by atoms with Crippen LogP contribution in [0.5, 0.6) is 11.5 Å². The van der Waals surface area contributed by atoms with E-state index >= 15 is 0 Å². The van der Waals surface area contributed by atoms with E-state index in [1.54, 1.807) is 28.8 Å². The first-order valence-corrected chi connectivity index (χ1v) is 9.24. The van der Waals surface area contributed by atoms with Gasteiger partial charge in [-0.3, -0.25) is 4.79 Å². The smallest absolute Gasteiger partial charge is 0.275 e. The fraction of sp³-hybridized carbons (Fsp3) is 0.125. The molecule has 0 saturated carbocycles. The number of carbonyl (C=O) groups excluding carboxylic acids is 1. The van der Waals surface area contributed by atoms with Gasteiger partial charge in [0.25, 0.3) is 5.91 Å². The zero-order chi connectivity index (χ0) is 16.5. The predicted octanol–water partition coefficient (Wildman–Crippen LogP) is 4.55. The van der Waals surface area contributed by atoms with Gasteiger partial charge in [0.2, 0.25) is 0 Å². The van der Waals surface area contributed by atoms with Crippen LogP contribution in [0.25, 0.3) is 9.88 Å². The van der Waals surface area contributed by atoms with Gasteiger partial charge in [-0.05, 0) is 11.4 Å². The van der Waals surface area contributed by atoms with Crippen LogP contribution in [-0.2, 0) is 0 Å². The Balaban J connectivity index is 1.56. The van der Waals surface area contributed by atoms with E-state index in [4.69, 9.17) is 21.1 Å². The first kappa shape index (κ1) is 15.4. The number of hydrogen-bond donors (Lipinski definition) is 1. The van der Waals surface area contributed by atoms with Crippen LogP contribution >= 0.6 is 34.3 Å². The maximum Gasteiger partial charge on any atom is 0.275 e. The van der Waals surface area contributed by atoms with Gasteiger partial charge in [-0.15, -0.1) is 22.7 Å². The zero-order valence-electron chi connectivity index (χ0n) is 12.2. The van der Waals surface area contributed by atoms with Crippen LogP contribution in [0.4, 0.5) is 5.69 Å². The molecule has 1 aliphatic heterocycles. The number of fused-ring (bicyclic) bond motifs is 1. The highest BCUT2D eigenvalue weighted by Crippen LogP contribution is 2.38. The fourth-order valence-electron chi connectivity index (χ4n) is 2.24. The number of halogens is 1. The lowest BCUT2D eigenvalue weighted by atomic mass is 10.2. The van der Waals surface area contributed by atoms with Crippen molar-refractivity contribution in [1.29, 1.82) is 0 Å². The number of thiophene rings is 1. The van der Waals surface area contributed by atoms with Gasteiger partial charge in [-0.25, -0.2) is 4.98 Å². The van der Waals surface area contributed by atoms with Crippen molar-refractivity contribution in [2.24, 2.45) is 0 Å². The van der Waals surface area contributed by atoms with Crippen molar-refractivity contribution in [3.05, 3.63) is 45.7 Å². The van der Waals surface area contributed by atoms with Crippen molar-refractivity contribution in [3.63, 3.8) is 0 Å². The molecule has 0 fully saturated rings. The van der Waals surface area contributed by atoms with Crippen LogP contribution in [0, 0.1) is 0 Å². The first-order valence-electron chi connectivity index (χ1n) is 7.10. The summed E-state index contributed by atoms with van der Waals surface area (Å²) in [6.07, 6.45) is 0. The van der Waals surface area contributed by atoms with Crippen LogP contribution in [0.2, 0.25) is 5.02 Å². The molecule has 1 amide bonds. The molecular formula is C16H11ClN2O3S2. The number of amides is 1. The highest BCUT2D eigenvalue weighted by molar-refractivity contribution is 7.20. The number of anilines is 1. The number of thiazole rings is 1. The van der Waals surface area contributed by atoms with E-state index in [0.29, 0.717) is 41.1 Å². The Labute approximate surface area is 150 Å². The largest absolute Gasteiger partial charge is 0.486 e. The molecule has 0 radical (unpaired) electrons.